The zero-order chi connectivity index (χ0) is 19.8. The maximum Gasteiger partial charge on any atom is 0.298 e. The highest BCUT2D eigenvalue weighted by atomic mass is 35.5. The molecule has 1 amide bonds. The monoisotopic (exact) mass is 417 g/mol. The number of hydrogen-bond donors (Lipinski definition) is 1. The highest BCUT2D eigenvalue weighted by molar-refractivity contribution is 6.31. The van der Waals surface area contributed by atoms with E-state index in [4.69, 9.17) is 20.8 Å². The van der Waals surface area contributed by atoms with Gasteiger partial charge in [-0.15, -0.1) is 10.2 Å². The van der Waals surface area contributed by atoms with Crippen LogP contribution < -0.4 is 4.90 Å². The SMILES string of the molecule is O=C(C1CCN(c2nc3ccc(Cl)cc3o2)CC1)N1CCOC(c2nn[nH]n2)C1. The molecule has 1 atom stereocenters. The molecule has 1 N–H and O–H groups in total. The summed E-state index contributed by atoms with van der Waals surface area (Å²) in [4.78, 5) is 21.5. The number of nitrogens with zero attached hydrogens (tertiary/aromatic N) is 6. The zero-order valence-electron chi connectivity index (χ0n) is 15.6. The summed E-state index contributed by atoms with van der Waals surface area (Å²) in [5, 5.41) is 14.6. The Kier molecular flexibility index (Phi) is 4.80. The number of oxazole rings is 1. The molecule has 4 heterocycles. The maximum absolute atomic E-state index is 13.0. The lowest BCUT2D eigenvalue weighted by atomic mass is 9.95. The number of tetrazole rings is 1. The average Bonchev–Trinajstić information content (AvgIpc) is 3.43. The number of hydrogen-bond acceptors (Lipinski definition) is 8. The molecule has 2 saturated heterocycles. The number of nitrogens with one attached hydrogen (secondary N) is 1. The molecule has 2 aliphatic rings. The fraction of sp³-hybridized carbons (Fsp3) is 0.500. The van der Waals surface area contributed by atoms with Crippen LogP contribution in [-0.2, 0) is 9.53 Å². The van der Waals surface area contributed by atoms with Gasteiger partial charge in [-0.3, -0.25) is 4.79 Å². The number of aromatic nitrogens is 5. The van der Waals surface area contributed by atoms with Crippen molar-refractivity contribution >= 4 is 34.6 Å². The molecular formula is C18H20ClN7O3. The van der Waals surface area contributed by atoms with E-state index in [2.05, 4.69) is 30.5 Å². The third-order valence-electron chi connectivity index (χ3n) is 5.48. The summed E-state index contributed by atoms with van der Waals surface area (Å²) in [7, 11) is 0. The fourth-order valence-electron chi connectivity index (χ4n) is 3.91. The second kappa shape index (κ2) is 7.60. The summed E-state index contributed by atoms with van der Waals surface area (Å²) >= 11 is 6.02. The third-order valence-corrected chi connectivity index (χ3v) is 5.72. The molecule has 10 nitrogen and oxygen atoms in total. The molecule has 2 fully saturated rings. The number of amides is 1. The molecule has 0 bridgehead atoms. The predicted molar refractivity (Wildman–Crippen MR) is 103 cm³/mol. The van der Waals surface area contributed by atoms with E-state index in [1.54, 1.807) is 12.1 Å². The van der Waals surface area contributed by atoms with Crippen LogP contribution in [0.2, 0.25) is 5.02 Å². The zero-order valence-corrected chi connectivity index (χ0v) is 16.4. The van der Waals surface area contributed by atoms with Crippen molar-refractivity contribution in [1.29, 1.82) is 0 Å². The van der Waals surface area contributed by atoms with E-state index in [0.29, 0.717) is 42.1 Å². The van der Waals surface area contributed by atoms with Crippen molar-refractivity contribution < 1.29 is 13.9 Å². The molecule has 2 aromatic heterocycles. The first-order valence-electron chi connectivity index (χ1n) is 9.62. The highest BCUT2D eigenvalue weighted by Crippen LogP contribution is 2.29. The maximum atomic E-state index is 13.0. The van der Waals surface area contributed by atoms with Crippen LogP contribution in [0.4, 0.5) is 6.01 Å². The van der Waals surface area contributed by atoms with E-state index < -0.39 is 0 Å². The van der Waals surface area contributed by atoms with E-state index in [0.717, 1.165) is 31.4 Å². The smallest absolute Gasteiger partial charge is 0.298 e. The van der Waals surface area contributed by atoms with Crippen molar-refractivity contribution in [3.63, 3.8) is 0 Å². The first-order valence-corrected chi connectivity index (χ1v) is 10.00. The second-order valence-corrected chi connectivity index (χ2v) is 7.72. The molecular weight excluding hydrogens is 398 g/mol. The van der Waals surface area contributed by atoms with Gasteiger partial charge in [0.15, 0.2) is 5.58 Å². The predicted octanol–water partition coefficient (Wildman–Crippen LogP) is 1.81. The largest absolute Gasteiger partial charge is 0.423 e. The first-order chi connectivity index (χ1) is 14.2. The standard InChI is InChI=1S/C18H20ClN7O3/c19-12-1-2-13-14(9-12)29-18(20-13)25-5-3-11(4-6-25)17(27)26-7-8-28-15(10-26)16-21-23-24-22-16/h1-2,9,11,15H,3-8,10H2,(H,21,22,23,24). The number of anilines is 1. The summed E-state index contributed by atoms with van der Waals surface area (Å²) in [5.74, 6) is 0.619. The Morgan fingerprint density at radius 1 is 1.24 bits per heavy atom. The number of fused-ring (bicyclic) bond motifs is 1. The minimum Gasteiger partial charge on any atom is -0.423 e. The van der Waals surface area contributed by atoms with Gasteiger partial charge in [0.25, 0.3) is 6.01 Å². The number of carbonyl (C=O) groups excluding carboxylic acids is 1. The highest BCUT2D eigenvalue weighted by Gasteiger charge is 2.34. The van der Waals surface area contributed by atoms with Crippen molar-refractivity contribution in [1.82, 2.24) is 30.5 Å². The summed E-state index contributed by atoms with van der Waals surface area (Å²) in [6, 6.07) is 5.99. The van der Waals surface area contributed by atoms with Crippen LogP contribution in [-0.4, -0.2) is 69.2 Å². The quantitative estimate of drug-likeness (QED) is 0.686. The van der Waals surface area contributed by atoms with E-state index in [9.17, 15) is 4.79 Å². The average molecular weight is 418 g/mol. The molecule has 0 saturated carbocycles. The van der Waals surface area contributed by atoms with Crippen LogP contribution >= 0.6 is 11.6 Å². The fourth-order valence-corrected chi connectivity index (χ4v) is 4.07. The molecule has 5 rings (SSSR count). The summed E-state index contributed by atoms with van der Waals surface area (Å²) in [6.07, 6.45) is 1.17. The van der Waals surface area contributed by atoms with Crippen molar-refractivity contribution in [2.45, 2.75) is 18.9 Å². The van der Waals surface area contributed by atoms with E-state index >= 15 is 0 Å². The van der Waals surface area contributed by atoms with Crippen LogP contribution in [0.3, 0.4) is 0 Å². The number of aromatic amines is 1. The Labute approximate surface area is 171 Å². The topological polar surface area (TPSA) is 113 Å². The minimum absolute atomic E-state index is 0.0194. The Balaban J connectivity index is 1.21. The van der Waals surface area contributed by atoms with Crippen molar-refractivity contribution in [2.24, 2.45) is 5.92 Å². The number of halogens is 1. The van der Waals surface area contributed by atoms with Gasteiger partial charge < -0.3 is 19.0 Å². The van der Waals surface area contributed by atoms with Gasteiger partial charge >= 0.3 is 0 Å². The van der Waals surface area contributed by atoms with Gasteiger partial charge in [-0.1, -0.05) is 16.8 Å². The number of carbonyl (C=O) groups is 1. The van der Waals surface area contributed by atoms with E-state index in [1.165, 1.54) is 0 Å². The van der Waals surface area contributed by atoms with Crippen molar-refractivity contribution in [3.8, 4) is 0 Å². The molecule has 3 aromatic rings. The van der Waals surface area contributed by atoms with Gasteiger partial charge in [0.1, 0.15) is 11.6 Å². The Morgan fingerprint density at radius 3 is 2.90 bits per heavy atom. The molecule has 1 unspecified atom stereocenters. The normalized spacial score (nSPS) is 21.1. The van der Waals surface area contributed by atoms with Crippen LogP contribution in [0.1, 0.15) is 24.8 Å². The molecule has 2 aliphatic heterocycles. The van der Waals surface area contributed by atoms with Gasteiger partial charge in [-0.05, 0) is 25.0 Å². The lowest BCUT2D eigenvalue weighted by Gasteiger charge is -2.36. The van der Waals surface area contributed by atoms with Crippen molar-refractivity contribution in [3.05, 3.63) is 29.0 Å². The Hall–Kier alpha value is -2.72. The number of ether oxygens (including phenoxy) is 1. The number of piperidine rings is 1. The van der Waals surface area contributed by atoms with Gasteiger partial charge in [0.05, 0.1) is 13.2 Å². The van der Waals surface area contributed by atoms with Crippen LogP contribution in [0.15, 0.2) is 22.6 Å². The van der Waals surface area contributed by atoms with Crippen LogP contribution in [0, 0.1) is 5.92 Å². The van der Waals surface area contributed by atoms with Gasteiger partial charge in [0, 0.05) is 36.6 Å². The summed E-state index contributed by atoms with van der Waals surface area (Å²) in [5.41, 5.74) is 1.45. The molecule has 29 heavy (non-hydrogen) atoms. The number of benzene rings is 1. The molecule has 0 radical (unpaired) electrons. The minimum atomic E-state index is -0.335. The van der Waals surface area contributed by atoms with E-state index in [1.807, 2.05) is 11.0 Å². The number of morpholine rings is 1. The van der Waals surface area contributed by atoms with Crippen molar-refractivity contribution in [2.75, 3.05) is 37.7 Å². The molecule has 0 aliphatic carbocycles. The van der Waals surface area contributed by atoms with Gasteiger partial charge in [-0.25, -0.2) is 0 Å². The van der Waals surface area contributed by atoms with Gasteiger partial charge in [-0.2, -0.15) is 10.2 Å². The molecule has 1 aromatic carbocycles. The lowest BCUT2D eigenvalue weighted by Crippen LogP contribution is -2.47. The Morgan fingerprint density at radius 2 is 2.10 bits per heavy atom. The lowest BCUT2D eigenvalue weighted by molar-refractivity contribution is -0.144. The molecule has 0 spiro atoms. The molecule has 152 valence electrons. The summed E-state index contributed by atoms with van der Waals surface area (Å²) in [6.45, 7) is 2.93. The molecule has 11 heteroatoms. The van der Waals surface area contributed by atoms with Gasteiger partial charge in [0.2, 0.25) is 11.7 Å². The third kappa shape index (κ3) is 3.65. The second-order valence-electron chi connectivity index (χ2n) is 7.28. The van der Waals surface area contributed by atoms with Crippen LogP contribution in [0.5, 0.6) is 0 Å². The number of rotatable bonds is 3. The van der Waals surface area contributed by atoms with E-state index in [-0.39, 0.29) is 17.9 Å². The first kappa shape index (κ1) is 18.3. The summed E-state index contributed by atoms with van der Waals surface area (Å²) < 4.78 is 11.5. The number of H-pyrrole nitrogens is 1. The van der Waals surface area contributed by atoms with Crippen LogP contribution in [0.25, 0.3) is 11.1 Å². The Bertz CT molecular complexity index is 1000.